The predicted molar refractivity (Wildman–Crippen MR) is 69.7 cm³/mol. The second kappa shape index (κ2) is 5.69. The summed E-state index contributed by atoms with van der Waals surface area (Å²) in [5, 5.41) is 3.51. The summed E-state index contributed by atoms with van der Waals surface area (Å²) < 4.78 is 6.23. The van der Waals surface area contributed by atoms with E-state index >= 15 is 0 Å². The highest BCUT2D eigenvalue weighted by Crippen LogP contribution is 2.26. The first-order chi connectivity index (χ1) is 7.79. The SMILES string of the molecule is COc1ccc(CNCC2CCC2)cc1Br. The molecular weight excluding hydrogens is 266 g/mol. The summed E-state index contributed by atoms with van der Waals surface area (Å²) in [4.78, 5) is 0. The Balaban J connectivity index is 1.81. The fourth-order valence-corrected chi connectivity index (χ4v) is 2.53. The van der Waals surface area contributed by atoms with E-state index in [1.165, 1.54) is 24.8 Å². The van der Waals surface area contributed by atoms with Gasteiger partial charge in [0.25, 0.3) is 0 Å². The third kappa shape index (κ3) is 2.98. The second-order valence-corrected chi connectivity index (χ2v) is 5.25. The van der Waals surface area contributed by atoms with Crippen LogP contribution in [0.25, 0.3) is 0 Å². The van der Waals surface area contributed by atoms with Crippen molar-refractivity contribution >= 4 is 15.9 Å². The number of methoxy groups -OCH3 is 1. The van der Waals surface area contributed by atoms with E-state index < -0.39 is 0 Å². The van der Waals surface area contributed by atoms with E-state index in [0.717, 1.165) is 29.2 Å². The molecule has 2 nitrogen and oxygen atoms in total. The highest BCUT2D eigenvalue weighted by molar-refractivity contribution is 9.10. The Morgan fingerprint density at radius 1 is 1.44 bits per heavy atom. The average Bonchev–Trinajstić information content (AvgIpc) is 2.22. The summed E-state index contributed by atoms with van der Waals surface area (Å²) in [6.45, 7) is 2.10. The number of nitrogens with one attached hydrogen (secondary N) is 1. The molecule has 1 aromatic rings. The van der Waals surface area contributed by atoms with E-state index in [2.05, 4.69) is 33.4 Å². The van der Waals surface area contributed by atoms with Gasteiger partial charge in [0.2, 0.25) is 0 Å². The molecule has 0 amide bonds. The normalized spacial score (nSPS) is 15.9. The van der Waals surface area contributed by atoms with Gasteiger partial charge < -0.3 is 10.1 Å². The molecule has 88 valence electrons. The maximum absolute atomic E-state index is 5.20. The lowest BCUT2D eigenvalue weighted by Crippen LogP contribution is -2.26. The van der Waals surface area contributed by atoms with Gasteiger partial charge in [-0.1, -0.05) is 12.5 Å². The quantitative estimate of drug-likeness (QED) is 0.895. The van der Waals surface area contributed by atoms with Crippen LogP contribution in [0.3, 0.4) is 0 Å². The van der Waals surface area contributed by atoms with Crippen LogP contribution in [0.2, 0.25) is 0 Å². The number of ether oxygens (including phenoxy) is 1. The van der Waals surface area contributed by atoms with Crippen LogP contribution in [0.15, 0.2) is 22.7 Å². The van der Waals surface area contributed by atoms with Crippen molar-refractivity contribution < 1.29 is 4.74 Å². The Morgan fingerprint density at radius 3 is 2.81 bits per heavy atom. The fourth-order valence-electron chi connectivity index (χ4n) is 1.94. The van der Waals surface area contributed by atoms with Gasteiger partial charge >= 0.3 is 0 Å². The predicted octanol–water partition coefficient (Wildman–Crippen LogP) is 3.35. The molecule has 0 unspecified atom stereocenters. The molecule has 1 saturated carbocycles. The molecule has 16 heavy (non-hydrogen) atoms. The molecule has 0 atom stereocenters. The zero-order valence-electron chi connectivity index (χ0n) is 9.63. The number of hydrogen-bond donors (Lipinski definition) is 1. The van der Waals surface area contributed by atoms with Gasteiger partial charge in [-0.15, -0.1) is 0 Å². The topological polar surface area (TPSA) is 21.3 Å². The first kappa shape index (κ1) is 11.9. The second-order valence-electron chi connectivity index (χ2n) is 4.40. The monoisotopic (exact) mass is 283 g/mol. The summed E-state index contributed by atoms with van der Waals surface area (Å²) >= 11 is 3.50. The molecule has 1 aliphatic carbocycles. The summed E-state index contributed by atoms with van der Waals surface area (Å²) in [6, 6.07) is 6.23. The van der Waals surface area contributed by atoms with Crippen LogP contribution in [0, 0.1) is 5.92 Å². The minimum absolute atomic E-state index is 0.891. The van der Waals surface area contributed by atoms with Crippen molar-refractivity contribution in [2.24, 2.45) is 5.92 Å². The molecule has 2 rings (SSSR count). The lowest BCUT2D eigenvalue weighted by Gasteiger charge is -2.25. The van der Waals surface area contributed by atoms with Gasteiger partial charge in [-0.05, 0) is 58.9 Å². The van der Waals surface area contributed by atoms with Crippen molar-refractivity contribution in [1.82, 2.24) is 5.32 Å². The molecule has 0 saturated heterocycles. The average molecular weight is 284 g/mol. The first-order valence-corrected chi connectivity index (χ1v) is 6.62. The lowest BCUT2D eigenvalue weighted by atomic mass is 9.85. The van der Waals surface area contributed by atoms with Gasteiger partial charge in [-0.3, -0.25) is 0 Å². The molecule has 1 aromatic carbocycles. The smallest absolute Gasteiger partial charge is 0.133 e. The zero-order valence-corrected chi connectivity index (χ0v) is 11.2. The number of hydrogen-bond acceptors (Lipinski definition) is 2. The molecule has 0 radical (unpaired) electrons. The minimum Gasteiger partial charge on any atom is -0.496 e. The van der Waals surface area contributed by atoms with E-state index in [4.69, 9.17) is 4.74 Å². The molecule has 0 aromatic heterocycles. The van der Waals surface area contributed by atoms with E-state index in [0.29, 0.717) is 0 Å². The number of halogens is 1. The fraction of sp³-hybridized carbons (Fsp3) is 0.538. The van der Waals surface area contributed by atoms with Crippen LogP contribution < -0.4 is 10.1 Å². The molecule has 1 fully saturated rings. The van der Waals surface area contributed by atoms with E-state index in [1.807, 2.05) is 6.07 Å². The van der Waals surface area contributed by atoms with Crippen LogP contribution in [0.4, 0.5) is 0 Å². The van der Waals surface area contributed by atoms with Crippen LogP contribution >= 0.6 is 15.9 Å². The molecule has 0 bridgehead atoms. The van der Waals surface area contributed by atoms with Crippen molar-refractivity contribution in [3.8, 4) is 5.75 Å². The van der Waals surface area contributed by atoms with Crippen molar-refractivity contribution in [2.75, 3.05) is 13.7 Å². The maximum Gasteiger partial charge on any atom is 0.133 e. The standard InChI is InChI=1S/C13H18BrNO/c1-16-13-6-5-11(7-12(13)14)9-15-8-10-3-2-4-10/h5-7,10,15H,2-4,8-9H2,1H3. The van der Waals surface area contributed by atoms with Gasteiger partial charge in [0, 0.05) is 6.54 Å². The molecule has 1 aliphatic rings. The van der Waals surface area contributed by atoms with Crippen LogP contribution in [0.5, 0.6) is 5.75 Å². The third-order valence-corrected chi connectivity index (χ3v) is 3.82. The molecule has 3 heteroatoms. The first-order valence-electron chi connectivity index (χ1n) is 5.82. The number of benzene rings is 1. The number of rotatable bonds is 5. The van der Waals surface area contributed by atoms with Crippen molar-refractivity contribution in [3.05, 3.63) is 28.2 Å². The van der Waals surface area contributed by atoms with Crippen LogP contribution in [-0.2, 0) is 6.54 Å². The summed E-state index contributed by atoms with van der Waals surface area (Å²) in [5.41, 5.74) is 1.30. The largest absolute Gasteiger partial charge is 0.496 e. The lowest BCUT2D eigenvalue weighted by molar-refractivity contribution is 0.301. The van der Waals surface area contributed by atoms with E-state index in [-0.39, 0.29) is 0 Å². The molecule has 0 heterocycles. The Hall–Kier alpha value is -0.540. The van der Waals surface area contributed by atoms with Crippen molar-refractivity contribution in [2.45, 2.75) is 25.8 Å². The zero-order chi connectivity index (χ0) is 11.4. The molecular formula is C13H18BrNO. The highest BCUT2D eigenvalue weighted by Gasteiger charge is 2.16. The molecule has 1 N–H and O–H groups in total. The summed E-state index contributed by atoms with van der Waals surface area (Å²) in [7, 11) is 1.69. The minimum atomic E-state index is 0.891. The van der Waals surface area contributed by atoms with Gasteiger partial charge in [0.05, 0.1) is 11.6 Å². The Labute approximate surface area is 106 Å². The van der Waals surface area contributed by atoms with Gasteiger partial charge in [-0.2, -0.15) is 0 Å². The van der Waals surface area contributed by atoms with Crippen LogP contribution in [-0.4, -0.2) is 13.7 Å². The van der Waals surface area contributed by atoms with E-state index in [1.54, 1.807) is 7.11 Å². The van der Waals surface area contributed by atoms with Crippen molar-refractivity contribution in [1.29, 1.82) is 0 Å². The summed E-state index contributed by atoms with van der Waals surface area (Å²) in [6.07, 6.45) is 4.22. The molecule has 0 spiro atoms. The van der Waals surface area contributed by atoms with Gasteiger partial charge in [0.15, 0.2) is 0 Å². The van der Waals surface area contributed by atoms with Crippen molar-refractivity contribution in [3.63, 3.8) is 0 Å². The van der Waals surface area contributed by atoms with Gasteiger partial charge in [0.1, 0.15) is 5.75 Å². The van der Waals surface area contributed by atoms with Crippen LogP contribution in [0.1, 0.15) is 24.8 Å². The Kier molecular flexibility index (Phi) is 4.24. The van der Waals surface area contributed by atoms with Gasteiger partial charge in [-0.25, -0.2) is 0 Å². The van der Waals surface area contributed by atoms with E-state index in [9.17, 15) is 0 Å². The Morgan fingerprint density at radius 2 is 2.25 bits per heavy atom. The highest BCUT2D eigenvalue weighted by atomic mass is 79.9. The molecule has 0 aliphatic heterocycles. The third-order valence-electron chi connectivity index (χ3n) is 3.20. The maximum atomic E-state index is 5.20. The summed E-state index contributed by atoms with van der Waals surface area (Å²) in [5.74, 6) is 1.81. The Bertz CT molecular complexity index is 350.